The number of piperidine rings is 1. The van der Waals surface area contributed by atoms with Gasteiger partial charge < -0.3 is 10.2 Å². The summed E-state index contributed by atoms with van der Waals surface area (Å²) in [6.07, 6.45) is 4.05. The lowest BCUT2D eigenvalue weighted by Crippen LogP contribution is -2.53. The van der Waals surface area contributed by atoms with Gasteiger partial charge in [0.2, 0.25) is 0 Å². The summed E-state index contributed by atoms with van der Waals surface area (Å²) < 4.78 is 0. The van der Waals surface area contributed by atoms with Crippen molar-refractivity contribution >= 4 is 0 Å². The van der Waals surface area contributed by atoms with Crippen LogP contribution in [0.15, 0.2) is 0 Å². The molecule has 0 aromatic carbocycles. The topological polar surface area (TPSA) is 18.5 Å². The molecule has 2 saturated heterocycles. The summed E-state index contributed by atoms with van der Waals surface area (Å²) in [6.45, 7) is 15.8. The quantitative estimate of drug-likeness (QED) is 0.842. The average molecular weight is 267 g/mol. The monoisotopic (exact) mass is 267 g/mol. The molecule has 112 valence electrons. The van der Waals surface area contributed by atoms with Gasteiger partial charge in [-0.1, -0.05) is 6.92 Å². The van der Waals surface area contributed by atoms with Gasteiger partial charge in [-0.25, -0.2) is 0 Å². The molecule has 3 heteroatoms. The number of nitrogens with one attached hydrogen (secondary N) is 1. The highest BCUT2D eigenvalue weighted by molar-refractivity contribution is 4.88. The number of nitrogens with zero attached hydrogens (tertiary/aromatic N) is 2. The maximum atomic E-state index is 3.45. The van der Waals surface area contributed by atoms with Crippen LogP contribution in [0.2, 0.25) is 0 Å². The van der Waals surface area contributed by atoms with E-state index in [1.54, 1.807) is 0 Å². The smallest absolute Gasteiger partial charge is 0.0107 e. The third-order valence-corrected chi connectivity index (χ3v) is 5.19. The Morgan fingerprint density at radius 1 is 1.11 bits per heavy atom. The molecule has 0 amide bonds. The van der Waals surface area contributed by atoms with Crippen molar-refractivity contribution in [3.63, 3.8) is 0 Å². The molecule has 2 unspecified atom stereocenters. The standard InChI is InChI=1S/C16H33N3/c1-5-13(2)19-14(3)10-16(11-15(19)4)12-18-8-6-17-7-9-18/h13-17H,5-12H2,1-4H3/t13?,14-,15+,16?. The molecule has 0 spiro atoms. The van der Waals surface area contributed by atoms with Crippen molar-refractivity contribution in [2.45, 2.75) is 65.1 Å². The van der Waals surface area contributed by atoms with E-state index in [2.05, 4.69) is 42.8 Å². The van der Waals surface area contributed by atoms with Gasteiger partial charge in [-0.3, -0.25) is 4.90 Å². The molecule has 0 aromatic rings. The number of likely N-dealkylation sites (tertiary alicyclic amines) is 1. The molecule has 0 saturated carbocycles. The lowest BCUT2D eigenvalue weighted by molar-refractivity contribution is 0.0229. The lowest BCUT2D eigenvalue weighted by Gasteiger charge is -2.47. The van der Waals surface area contributed by atoms with E-state index < -0.39 is 0 Å². The van der Waals surface area contributed by atoms with Crippen molar-refractivity contribution in [3.05, 3.63) is 0 Å². The Kier molecular flexibility index (Phi) is 5.67. The van der Waals surface area contributed by atoms with Crippen LogP contribution in [0.4, 0.5) is 0 Å². The molecule has 0 aromatic heterocycles. The maximum absolute atomic E-state index is 3.45. The summed E-state index contributed by atoms with van der Waals surface area (Å²) in [5, 5.41) is 3.45. The number of rotatable bonds is 4. The second-order valence-corrected chi connectivity index (χ2v) is 6.79. The van der Waals surface area contributed by atoms with E-state index in [1.165, 1.54) is 52.0 Å². The fourth-order valence-corrected chi connectivity index (χ4v) is 4.23. The number of hydrogen-bond donors (Lipinski definition) is 1. The molecule has 0 bridgehead atoms. The lowest BCUT2D eigenvalue weighted by atomic mass is 9.85. The van der Waals surface area contributed by atoms with Crippen molar-refractivity contribution in [1.29, 1.82) is 0 Å². The maximum Gasteiger partial charge on any atom is 0.0107 e. The van der Waals surface area contributed by atoms with E-state index in [9.17, 15) is 0 Å². The normalized spacial score (nSPS) is 36.3. The molecule has 2 rings (SSSR count). The van der Waals surface area contributed by atoms with Crippen molar-refractivity contribution in [2.24, 2.45) is 5.92 Å². The van der Waals surface area contributed by atoms with Crippen LogP contribution >= 0.6 is 0 Å². The van der Waals surface area contributed by atoms with Gasteiger partial charge >= 0.3 is 0 Å². The van der Waals surface area contributed by atoms with E-state index in [0.29, 0.717) is 0 Å². The fraction of sp³-hybridized carbons (Fsp3) is 1.00. The van der Waals surface area contributed by atoms with E-state index >= 15 is 0 Å². The Morgan fingerprint density at radius 2 is 1.68 bits per heavy atom. The van der Waals surface area contributed by atoms with Crippen molar-refractivity contribution in [1.82, 2.24) is 15.1 Å². The highest BCUT2D eigenvalue weighted by atomic mass is 15.2. The minimum Gasteiger partial charge on any atom is -0.314 e. The predicted octanol–water partition coefficient (Wildman–Crippen LogP) is 2.18. The third kappa shape index (κ3) is 3.93. The largest absolute Gasteiger partial charge is 0.314 e. The zero-order valence-corrected chi connectivity index (χ0v) is 13.4. The van der Waals surface area contributed by atoms with Crippen molar-refractivity contribution in [2.75, 3.05) is 32.7 Å². The van der Waals surface area contributed by atoms with Gasteiger partial charge in [0.05, 0.1) is 0 Å². The minimum absolute atomic E-state index is 0.741. The molecule has 1 N–H and O–H groups in total. The van der Waals surface area contributed by atoms with Gasteiger partial charge in [-0.15, -0.1) is 0 Å². The van der Waals surface area contributed by atoms with Crippen LogP contribution in [0.3, 0.4) is 0 Å². The summed E-state index contributed by atoms with van der Waals surface area (Å²) in [5.74, 6) is 0.906. The highest BCUT2D eigenvalue weighted by Crippen LogP contribution is 2.30. The van der Waals surface area contributed by atoms with Crippen molar-refractivity contribution < 1.29 is 0 Å². The molecular formula is C16H33N3. The minimum atomic E-state index is 0.741. The van der Waals surface area contributed by atoms with E-state index in [-0.39, 0.29) is 0 Å². The predicted molar refractivity (Wildman–Crippen MR) is 82.5 cm³/mol. The highest BCUT2D eigenvalue weighted by Gasteiger charge is 2.33. The van der Waals surface area contributed by atoms with Crippen LogP contribution < -0.4 is 5.32 Å². The second-order valence-electron chi connectivity index (χ2n) is 6.79. The molecule has 0 radical (unpaired) electrons. The summed E-state index contributed by atoms with van der Waals surface area (Å²) in [6, 6.07) is 2.25. The summed E-state index contributed by atoms with van der Waals surface area (Å²) in [4.78, 5) is 5.42. The van der Waals surface area contributed by atoms with Crippen molar-refractivity contribution in [3.8, 4) is 0 Å². The molecule has 2 aliphatic heterocycles. The van der Waals surface area contributed by atoms with Crippen LogP contribution in [0.5, 0.6) is 0 Å². The van der Waals surface area contributed by atoms with Gasteiger partial charge in [0.25, 0.3) is 0 Å². The SMILES string of the molecule is CCC(C)N1[C@H](C)CC(CN2CCNCC2)C[C@@H]1C. The van der Waals surface area contributed by atoms with Crippen LogP contribution in [0, 0.1) is 5.92 Å². The molecule has 4 atom stereocenters. The van der Waals surface area contributed by atoms with Crippen LogP contribution in [0.25, 0.3) is 0 Å². The van der Waals surface area contributed by atoms with Crippen LogP contribution in [0.1, 0.15) is 47.0 Å². The first-order chi connectivity index (χ1) is 9.11. The van der Waals surface area contributed by atoms with Crippen LogP contribution in [-0.4, -0.2) is 60.6 Å². The number of piperazine rings is 1. The zero-order chi connectivity index (χ0) is 13.8. The molecule has 3 nitrogen and oxygen atoms in total. The van der Waals surface area contributed by atoms with Crippen LogP contribution in [-0.2, 0) is 0 Å². The molecule has 2 heterocycles. The van der Waals surface area contributed by atoms with Gasteiger partial charge in [-0.05, 0) is 46.0 Å². The Balaban J connectivity index is 1.85. The Hall–Kier alpha value is -0.120. The zero-order valence-electron chi connectivity index (χ0n) is 13.4. The molecular weight excluding hydrogens is 234 g/mol. The first-order valence-corrected chi connectivity index (χ1v) is 8.32. The average Bonchev–Trinajstić information content (AvgIpc) is 2.38. The second kappa shape index (κ2) is 7.05. The summed E-state index contributed by atoms with van der Waals surface area (Å²) >= 11 is 0. The Labute approximate surface area is 119 Å². The molecule has 2 aliphatic rings. The Bertz CT molecular complexity index is 251. The fourth-order valence-electron chi connectivity index (χ4n) is 4.23. The third-order valence-electron chi connectivity index (χ3n) is 5.19. The van der Waals surface area contributed by atoms with Gasteiger partial charge in [0.1, 0.15) is 0 Å². The first kappa shape index (κ1) is 15.3. The van der Waals surface area contributed by atoms with Gasteiger partial charge in [0, 0.05) is 50.8 Å². The Morgan fingerprint density at radius 3 is 2.21 bits per heavy atom. The molecule has 19 heavy (non-hydrogen) atoms. The van der Waals surface area contributed by atoms with E-state index in [1.807, 2.05) is 0 Å². The van der Waals surface area contributed by atoms with E-state index in [0.717, 1.165) is 24.0 Å². The van der Waals surface area contributed by atoms with E-state index in [4.69, 9.17) is 0 Å². The van der Waals surface area contributed by atoms with Gasteiger partial charge in [-0.2, -0.15) is 0 Å². The molecule has 0 aliphatic carbocycles. The first-order valence-electron chi connectivity index (χ1n) is 8.32. The molecule has 2 fully saturated rings. The summed E-state index contributed by atoms with van der Waals surface area (Å²) in [7, 11) is 0. The summed E-state index contributed by atoms with van der Waals surface area (Å²) in [5.41, 5.74) is 0. The number of hydrogen-bond acceptors (Lipinski definition) is 3. The van der Waals surface area contributed by atoms with Gasteiger partial charge in [0.15, 0.2) is 0 Å².